The first-order valence-corrected chi connectivity index (χ1v) is 8.20. The number of carbonyl (C=O) groups is 1. The van der Waals surface area contributed by atoms with Crippen molar-refractivity contribution in [2.75, 3.05) is 12.3 Å². The summed E-state index contributed by atoms with van der Waals surface area (Å²) in [7, 11) is 0. The van der Waals surface area contributed by atoms with E-state index in [4.69, 9.17) is 14.9 Å². The largest absolute Gasteiger partial charge is 0.493 e. The first-order valence-electron chi connectivity index (χ1n) is 8.20. The number of amides is 1. The Balaban J connectivity index is 1.61. The fraction of sp³-hybridized carbons (Fsp3) is 0.222. The number of anilines is 1. The van der Waals surface area contributed by atoms with E-state index < -0.39 is 0 Å². The number of nitrogens with two attached hydrogens (primary N) is 1. The molecule has 8 nitrogen and oxygen atoms in total. The molecule has 8 heteroatoms. The molecule has 0 bridgehead atoms. The van der Waals surface area contributed by atoms with E-state index in [1.807, 2.05) is 24.3 Å². The standard InChI is InChI=1S/C18H17N5O3/c1-10-14(18-20-7-9-26-18)23-16(19)15(21-10)17(24)22-12-6-8-25-13-5-3-2-4-11(12)13/h2-5,7,9,12H,6,8H2,1H3,(H2,19,23)(H,22,24)/t12-/m0/s1. The Hall–Kier alpha value is -3.42. The lowest BCUT2D eigenvalue weighted by molar-refractivity contribution is 0.0920. The van der Waals surface area contributed by atoms with Gasteiger partial charge in [0.25, 0.3) is 5.91 Å². The molecular formula is C18H17N5O3. The SMILES string of the molecule is Cc1nc(C(=O)N[C@H]2CCOc3ccccc32)c(N)nc1-c1ncco1. The third kappa shape index (κ3) is 2.85. The predicted molar refractivity (Wildman–Crippen MR) is 93.4 cm³/mol. The molecule has 0 saturated carbocycles. The molecule has 2 aromatic heterocycles. The second-order valence-corrected chi connectivity index (χ2v) is 5.93. The van der Waals surface area contributed by atoms with Crippen LogP contribution in [0.1, 0.15) is 34.2 Å². The maximum absolute atomic E-state index is 12.7. The number of nitrogens with one attached hydrogen (secondary N) is 1. The van der Waals surface area contributed by atoms with E-state index in [1.165, 1.54) is 12.5 Å². The van der Waals surface area contributed by atoms with Crippen LogP contribution in [-0.4, -0.2) is 27.5 Å². The Morgan fingerprint density at radius 2 is 2.15 bits per heavy atom. The zero-order valence-corrected chi connectivity index (χ0v) is 14.1. The van der Waals surface area contributed by atoms with Crippen LogP contribution in [0.4, 0.5) is 5.82 Å². The van der Waals surface area contributed by atoms with Crippen LogP contribution in [0, 0.1) is 6.92 Å². The molecule has 132 valence electrons. The Morgan fingerprint density at radius 3 is 2.96 bits per heavy atom. The molecule has 1 aliphatic rings. The van der Waals surface area contributed by atoms with Crippen LogP contribution in [-0.2, 0) is 0 Å². The van der Waals surface area contributed by atoms with Crippen molar-refractivity contribution in [2.24, 2.45) is 0 Å². The number of oxazole rings is 1. The minimum atomic E-state index is -0.376. The first kappa shape index (κ1) is 16.1. The van der Waals surface area contributed by atoms with Gasteiger partial charge in [0.1, 0.15) is 17.7 Å². The van der Waals surface area contributed by atoms with Gasteiger partial charge in [0.2, 0.25) is 5.89 Å². The van der Waals surface area contributed by atoms with E-state index in [9.17, 15) is 4.79 Å². The number of benzene rings is 1. The lowest BCUT2D eigenvalue weighted by Crippen LogP contribution is -2.33. The highest BCUT2D eigenvalue weighted by Gasteiger charge is 2.25. The number of carbonyl (C=O) groups excluding carboxylic acids is 1. The molecule has 0 aliphatic carbocycles. The van der Waals surface area contributed by atoms with Crippen LogP contribution in [0.25, 0.3) is 11.6 Å². The average molecular weight is 351 g/mol. The summed E-state index contributed by atoms with van der Waals surface area (Å²) in [5, 5.41) is 2.97. The van der Waals surface area contributed by atoms with E-state index in [-0.39, 0.29) is 23.5 Å². The van der Waals surface area contributed by atoms with E-state index in [0.29, 0.717) is 30.3 Å². The van der Waals surface area contributed by atoms with Gasteiger partial charge in [-0.1, -0.05) is 18.2 Å². The third-order valence-electron chi connectivity index (χ3n) is 4.21. The maximum atomic E-state index is 12.7. The molecule has 3 N–H and O–H groups in total. The van der Waals surface area contributed by atoms with Crippen molar-refractivity contribution in [3.63, 3.8) is 0 Å². The van der Waals surface area contributed by atoms with Crippen molar-refractivity contribution in [3.05, 3.63) is 53.7 Å². The van der Waals surface area contributed by atoms with Gasteiger partial charge in [-0.05, 0) is 13.0 Å². The minimum Gasteiger partial charge on any atom is -0.493 e. The summed E-state index contributed by atoms with van der Waals surface area (Å²) in [6.07, 6.45) is 3.62. The number of fused-ring (bicyclic) bond motifs is 1. The second kappa shape index (κ2) is 6.47. The average Bonchev–Trinajstić information content (AvgIpc) is 3.18. The number of nitrogens with zero attached hydrogens (tertiary/aromatic N) is 3. The van der Waals surface area contributed by atoms with E-state index >= 15 is 0 Å². The molecule has 1 aromatic carbocycles. The van der Waals surface area contributed by atoms with Crippen molar-refractivity contribution in [3.8, 4) is 17.3 Å². The first-order chi connectivity index (χ1) is 12.6. The Bertz CT molecular complexity index is 955. The van der Waals surface area contributed by atoms with Crippen LogP contribution >= 0.6 is 0 Å². The Labute approximate surface area is 149 Å². The molecular weight excluding hydrogens is 334 g/mol. The number of aryl methyl sites for hydroxylation is 1. The fourth-order valence-corrected chi connectivity index (χ4v) is 2.96. The van der Waals surface area contributed by atoms with Gasteiger partial charge in [-0.15, -0.1) is 0 Å². The number of aromatic nitrogens is 3. The molecule has 4 rings (SSSR count). The topological polar surface area (TPSA) is 116 Å². The van der Waals surface area contributed by atoms with E-state index in [2.05, 4.69) is 20.3 Å². The summed E-state index contributed by atoms with van der Waals surface area (Å²) in [6.45, 7) is 2.26. The molecule has 0 radical (unpaired) electrons. The third-order valence-corrected chi connectivity index (χ3v) is 4.21. The number of nitrogen functional groups attached to an aromatic ring is 1. The highest BCUT2D eigenvalue weighted by Crippen LogP contribution is 2.32. The van der Waals surface area contributed by atoms with Gasteiger partial charge in [0, 0.05) is 12.0 Å². The van der Waals surface area contributed by atoms with Gasteiger partial charge in [-0.25, -0.2) is 15.0 Å². The fourth-order valence-electron chi connectivity index (χ4n) is 2.96. The quantitative estimate of drug-likeness (QED) is 0.743. The highest BCUT2D eigenvalue weighted by atomic mass is 16.5. The summed E-state index contributed by atoms with van der Waals surface area (Å²) in [5.41, 5.74) is 7.92. The van der Waals surface area contributed by atoms with Crippen molar-refractivity contribution in [1.29, 1.82) is 0 Å². The summed E-state index contributed by atoms with van der Waals surface area (Å²) in [5.74, 6) is 0.742. The summed E-state index contributed by atoms with van der Waals surface area (Å²) in [6, 6.07) is 7.47. The van der Waals surface area contributed by atoms with Gasteiger partial charge >= 0.3 is 0 Å². The van der Waals surface area contributed by atoms with Crippen LogP contribution < -0.4 is 15.8 Å². The molecule has 1 amide bonds. The van der Waals surface area contributed by atoms with E-state index in [0.717, 1.165) is 11.3 Å². The Morgan fingerprint density at radius 1 is 1.31 bits per heavy atom. The molecule has 0 unspecified atom stereocenters. The number of hydrogen-bond donors (Lipinski definition) is 2. The lowest BCUT2D eigenvalue weighted by Gasteiger charge is -2.26. The zero-order valence-electron chi connectivity index (χ0n) is 14.1. The molecule has 1 aliphatic heterocycles. The number of rotatable bonds is 3. The van der Waals surface area contributed by atoms with Crippen LogP contribution in [0.2, 0.25) is 0 Å². The molecule has 0 spiro atoms. The lowest BCUT2D eigenvalue weighted by atomic mass is 10.0. The Kier molecular flexibility index (Phi) is 4.00. The van der Waals surface area contributed by atoms with Gasteiger partial charge < -0.3 is 20.2 Å². The van der Waals surface area contributed by atoms with Crippen LogP contribution in [0.5, 0.6) is 5.75 Å². The predicted octanol–water partition coefficient (Wildman–Crippen LogP) is 2.28. The summed E-state index contributed by atoms with van der Waals surface area (Å²) in [4.78, 5) is 25.3. The van der Waals surface area contributed by atoms with Gasteiger partial charge in [0.15, 0.2) is 11.5 Å². The molecule has 3 aromatic rings. The molecule has 1 atom stereocenters. The second-order valence-electron chi connectivity index (χ2n) is 5.93. The maximum Gasteiger partial charge on any atom is 0.274 e. The summed E-state index contributed by atoms with van der Waals surface area (Å²) >= 11 is 0. The van der Waals surface area contributed by atoms with Crippen molar-refractivity contribution in [2.45, 2.75) is 19.4 Å². The molecule has 26 heavy (non-hydrogen) atoms. The number of para-hydroxylation sites is 1. The minimum absolute atomic E-state index is 0.0293. The van der Waals surface area contributed by atoms with Gasteiger partial charge in [-0.3, -0.25) is 4.79 Å². The van der Waals surface area contributed by atoms with E-state index in [1.54, 1.807) is 6.92 Å². The van der Waals surface area contributed by atoms with Crippen molar-refractivity contribution in [1.82, 2.24) is 20.3 Å². The van der Waals surface area contributed by atoms with Crippen LogP contribution in [0.15, 0.2) is 41.1 Å². The normalized spacial score (nSPS) is 15.8. The number of hydrogen-bond acceptors (Lipinski definition) is 7. The molecule has 3 heterocycles. The van der Waals surface area contributed by atoms with Gasteiger partial charge in [0.05, 0.1) is 24.5 Å². The van der Waals surface area contributed by atoms with Crippen LogP contribution in [0.3, 0.4) is 0 Å². The molecule has 0 fully saturated rings. The van der Waals surface area contributed by atoms with Crippen molar-refractivity contribution >= 4 is 11.7 Å². The zero-order chi connectivity index (χ0) is 18.1. The summed E-state index contributed by atoms with van der Waals surface area (Å²) < 4.78 is 10.9. The highest BCUT2D eigenvalue weighted by molar-refractivity contribution is 5.97. The van der Waals surface area contributed by atoms with Crippen molar-refractivity contribution < 1.29 is 13.9 Å². The monoisotopic (exact) mass is 351 g/mol. The smallest absolute Gasteiger partial charge is 0.274 e. The van der Waals surface area contributed by atoms with Gasteiger partial charge in [-0.2, -0.15) is 0 Å². The number of ether oxygens (including phenoxy) is 1. The molecule has 0 saturated heterocycles.